The average Bonchev–Trinajstić information content (AvgIpc) is 3.05. The van der Waals surface area contributed by atoms with Crippen LogP contribution in [0, 0.1) is 19.7 Å². The highest BCUT2D eigenvalue weighted by molar-refractivity contribution is 6.46. The molecule has 0 bridgehead atoms. The van der Waals surface area contributed by atoms with Crippen molar-refractivity contribution in [3.8, 4) is 11.5 Å². The smallest absolute Gasteiger partial charge is 0.282 e. The molecule has 1 heterocycles. The Hall–Kier alpha value is -4.13. The molecule has 0 unspecified atom stereocenters. The third kappa shape index (κ3) is 4.05. The summed E-state index contributed by atoms with van der Waals surface area (Å²) in [6.45, 7) is 3.95. The highest BCUT2D eigenvalue weighted by atomic mass is 19.1. The maximum absolute atomic E-state index is 13.6. The number of carbonyl (C=O) groups is 2. The summed E-state index contributed by atoms with van der Waals surface area (Å²) in [6, 6.07) is 16.0. The predicted molar refractivity (Wildman–Crippen MR) is 125 cm³/mol. The van der Waals surface area contributed by atoms with E-state index in [9.17, 15) is 14.0 Å². The molecule has 3 aromatic carbocycles. The molecule has 0 fully saturated rings. The quantitative estimate of drug-likeness (QED) is 0.548. The molecule has 1 N–H and O–H groups in total. The van der Waals surface area contributed by atoms with Crippen LogP contribution >= 0.6 is 0 Å². The number of ether oxygens (including phenoxy) is 2. The fourth-order valence-electron chi connectivity index (χ4n) is 3.68. The van der Waals surface area contributed by atoms with E-state index in [1.54, 1.807) is 18.2 Å². The summed E-state index contributed by atoms with van der Waals surface area (Å²) in [5.41, 5.74) is 3.71. The molecule has 1 aliphatic rings. The van der Waals surface area contributed by atoms with Crippen molar-refractivity contribution in [2.75, 3.05) is 24.4 Å². The van der Waals surface area contributed by atoms with Gasteiger partial charge in [-0.25, -0.2) is 9.29 Å². The summed E-state index contributed by atoms with van der Waals surface area (Å²) in [7, 11) is 2.95. The fourth-order valence-corrected chi connectivity index (χ4v) is 3.68. The molecule has 0 aliphatic carbocycles. The average molecular weight is 446 g/mol. The molecule has 6 nitrogen and oxygen atoms in total. The van der Waals surface area contributed by atoms with E-state index in [1.165, 1.54) is 38.5 Å². The molecular weight excluding hydrogens is 423 g/mol. The van der Waals surface area contributed by atoms with Crippen LogP contribution in [0.5, 0.6) is 11.5 Å². The zero-order valence-electron chi connectivity index (χ0n) is 18.7. The van der Waals surface area contributed by atoms with Crippen molar-refractivity contribution in [3.05, 3.63) is 88.9 Å². The van der Waals surface area contributed by atoms with Gasteiger partial charge in [0.25, 0.3) is 11.8 Å². The molecule has 4 rings (SSSR count). The molecule has 2 amide bonds. The van der Waals surface area contributed by atoms with E-state index in [4.69, 9.17) is 9.47 Å². The number of methoxy groups -OCH3 is 2. The molecule has 0 radical (unpaired) electrons. The second kappa shape index (κ2) is 8.78. The molecule has 0 atom stereocenters. The Bertz CT molecular complexity index is 1280. The molecule has 0 spiro atoms. The van der Waals surface area contributed by atoms with Crippen molar-refractivity contribution in [1.82, 2.24) is 0 Å². The van der Waals surface area contributed by atoms with Crippen LogP contribution in [0.3, 0.4) is 0 Å². The highest BCUT2D eigenvalue weighted by Crippen LogP contribution is 2.39. The monoisotopic (exact) mass is 446 g/mol. The Labute approximate surface area is 191 Å². The lowest BCUT2D eigenvalue weighted by molar-refractivity contribution is -0.120. The van der Waals surface area contributed by atoms with Crippen molar-refractivity contribution in [2.24, 2.45) is 0 Å². The summed E-state index contributed by atoms with van der Waals surface area (Å²) < 4.78 is 24.3. The van der Waals surface area contributed by atoms with Crippen LogP contribution in [0.15, 0.2) is 66.4 Å². The number of benzene rings is 3. The van der Waals surface area contributed by atoms with Gasteiger partial charge in [0.2, 0.25) is 0 Å². The van der Waals surface area contributed by atoms with Crippen LogP contribution in [-0.4, -0.2) is 26.0 Å². The van der Waals surface area contributed by atoms with E-state index in [1.807, 2.05) is 32.0 Å². The number of nitrogens with zero attached hydrogens (tertiary/aromatic N) is 1. The lowest BCUT2D eigenvalue weighted by Gasteiger charge is -2.19. The van der Waals surface area contributed by atoms with Crippen molar-refractivity contribution in [3.63, 3.8) is 0 Å². The molecule has 168 valence electrons. The largest absolute Gasteiger partial charge is 0.497 e. The number of anilines is 2. The first-order valence-corrected chi connectivity index (χ1v) is 10.3. The van der Waals surface area contributed by atoms with Crippen LogP contribution in [0.2, 0.25) is 0 Å². The zero-order valence-corrected chi connectivity index (χ0v) is 18.7. The summed E-state index contributed by atoms with van der Waals surface area (Å²) in [5.74, 6) is -0.742. The zero-order chi connectivity index (χ0) is 23.7. The third-order valence-electron chi connectivity index (χ3n) is 5.62. The normalized spacial score (nSPS) is 13.5. The number of hydrogen-bond donors (Lipinski definition) is 1. The molecule has 33 heavy (non-hydrogen) atoms. The number of halogens is 1. The number of nitrogens with one attached hydrogen (secondary N) is 1. The topological polar surface area (TPSA) is 67.9 Å². The first-order valence-electron chi connectivity index (χ1n) is 10.3. The van der Waals surface area contributed by atoms with Crippen molar-refractivity contribution >= 4 is 28.8 Å². The molecule has 7 heteroatoms. The summed E-state index contributed by atoms with van der Waals surface area (Å²) in [5, 5.41) is 3.12. The number of carbonyl (C=O) groups excluding carboxylic acids is 2. The van der Waals surface area contributed by atoms with Gasteiger partial charge in [0.1, 0.15) is 23.0 Å². The molecule has 0 aromatic heterocycles. The molecular formula is C26H23FN2O4. The van der Waals surface area contributed by atoms with Gasteiger partial charge in [0.15, 0.2) is 0 Å². The summed E-state index contributed by atoms with van der Waals surface area (Å²) >= 11 is 0. The number of rotatable bonds is 6. The van der Waals surface area contributed by atoms with E-state index in [-0.39, 0.29) is 17.0 Å². The van der Waals surface area contributed by atoms with Gasteiger partial charge in [0.05, 0.1) is 25.5 Å². The van der Waals surface area contributed by atoms with Gasteiger partial charge in [0, 0.05) is 11.8 Å². The molecule has 0 saturated carbocycles. The van der Waals surface area contributed by atoms with E-state index in [0.717, 1.165) is 16.0 Å². The Morgan fingerprint density at radius 2 is 1.55 bits per heavy atom. The number of hydrogen-bond acceptors (Lipinski definition) is 5. The van der Waals surface area contributed by atoms with Gasteiger partial charge in [-0.2, -0.15) is 0 Å². The minimum Gasteiger partial charge on any atom is -0.497 e. The molecule has 3 aromatic rings. The van der Waals surface area contributed by atoms with Gasteiger partial charge < -0.3 is 14.8 Å². The summed E-state index contributed by atoms with van der Waals surface area (Å²) in [6.07, 6.45) is 0. The Morgan fingerprint density at radius 1 is 0.818 bits per heavy atom. The maximum Gasteiger partial charge on any atom is 0.282 e. The first kappa shape index (κ1) is 22.1. The molecule has 1 aliphatic heterocycles. The Balaban J connectivity index is 1.86. The van der Waals surface area contributed by atoms with E-state index in [0.29, 0.717) is 22.7 Å². The van der Waals surface area contributed by atoms with Crippen LogP contribution < -0.4 is 19.7 Å². The van der Waals surface area contributed by atoms with Gasteiger partial charge in [-0.15, -0.1) is 0 Å². The van der Waals surface area contributed by atoms with Crippen molar-refractivity contribution in [2.45, 2.75) is 13.8 Å². The number of amides is 2. The SMILES string of the molecule is COc1ccc(OC)c(N2C(=O)C(Nc3ccc(C)c(C)c3)=C(c3ccc(F)cc3)C2=O)c1. The van der Waals surface area contributed by atoms with Crippen LogP contribution in [-0.2, 0) is 9.59 Å². The number of aryl methyl sites for hydroxylation is 2. The number of imide groups is 1. The lowest BCUT2D eigenvalue weighted by atomic mass is 10.0. The third-order valence-corrected chi connectivity index (χ3v) is 5.62. The van der Waals surface area contributed by atoms with Crippen LogP contribution in [0.4, 0.5) is 15.8 Å². The minimum absolute atomic E-state index is 0.0970. The van der Waals surface area contributed by atoms with Crippen molar-refractivity contribution < 1.29 is 23.5 Å². The Morgan fingerprint density at radius 3 is 2.18 bits per heavy atom. The minimum atomic E-state index is -0.552. The van der Waals surface area contributed by atoms with Gasteiger partial charge in [-0.1, -0.05) is 18.2 Å². The molecule has 0 saturated heterocycles. The van der Waals surface area contributed by atoms with Crippen LogP contribution in [0.1, 0.15) is 16.7 Å². The maximum atomic E-state index is 13.6. The standard InChI is InChI=1S/C26H23FN2O4/c1-15-5-10-19(13-16(15)2)28-24-23(17-6-8-18(27)9-7-17)25(30)29(26(24)31)21-14-20(32-3)11-12-22(21)33-4/h5-14,28H,1-4H3. The van der Waals surface area contributed by atoms with Crippen molar-refractivity contribution in [1.29, 1.82) is 0 Å². The first-order chi connectivity index (χ1) is 15.8. The van der Waals surface area contributed by atoms with E-state index >= 15 is 0 Å². The second-order valence-corrected chi connectivity index (χ2v) is 7.66. The van der Waals surface area contributed by atoms with E-state index < -0.39 is 17.6 Å². The fraction of sp³-hybridized carbons (Fsp3) is 0.154. The Kier molecular flexibility index (Phi) is 5.87. The predicted octanol–water partition coefficient (Wildman–Crippen LogP) is 4.86. The lowest BCUT2D eigenvalue weighted by Crippen LogP contribution is -2.32. The van der Waals surface area contributed by atoms with Gasteiger partial charge in [-0.3, -0.25) is 9.59 Å². The summed E-state index contributed by atoms with van der Waals surface area (Å²) in [4.78, 5) is 28.3. The van der Waals surface area contributed by atoms with E-state index in [2.05, 4.69) is 5.32 Å². The highest BCUT2D eigenvalue weighted by Gasteiger charge is 2.41. The second-order valence-electron chi connectivity index (χ2n) is 7.66. The van der Waals surface area contributed by atoms with Gasteiger partial charge in [-0.05, 0) is 66.9 Å². The van der Waals surface area contributed by atoms with Gasteiger partial charge >= 0.3 is 0 Å². The van der Waals surface area contributed by atoms with Crippen LogP contribution in [0.25, 0.3) is 5.57 Å².